The van der Waals surface area contributed by atoms with E-state index in [1.165, 1.54) is 11.1 Å². The molecule has 0 spiro atoms. The topological polar surface area (TPSA) is 26.3 Å². The number of fused-ring (bicyclic) bond motifs is 1. The summed E-state index contributed by atoms with van der Waals surface area (Å²) in [4.78, 5) is 12.3. The van der Waals surface area contributed by atoms with Crippen molar-refractivity contribution < 1.29 is 9.53 Å². The first-order valence-corrected chi connectivity index (χ1v) is 9.12. The Kier molecular flexibility index (Phi) is 6.82. The van der Waals surface area contributed by atoms with Gasteiger partial charge in [0.1, 0.15) is 5.25 Å². The maximum absolute atomic E-state index is 12.3. The van der Waals surface area contributed by atoms with Gasteiger partial charge in [0.25, 0.3) is 0 Å². The molecule has 0 amide bonds. The van der Waals surface area contributed by atoms with Crippen LogP contribution in [0.15, 0.2) is 35.6 Å². The number of rotatable bonds is 5. The van der Waals surface area contributed by atoms with E-state index in [1.54, 1.807) is 11.8 Å². The number of hydrogen-bond acceptors (Lipinski definition) is 3. The van der Waals surface area contributed by atoms with Crippen LogP contribution in [0.25, 0.3) is 6.08 Å². The summed E-state index contributed by atoms with van der Waals surface area (Å²) in [6, 6.07) is 8.40. The molecule has 0 fully saturated rings. The smallest absolute Gasteiger partial charge is 0.323 e. The van der Waals surface area contributed by atoms with Gasteiger partial charge in [-0.15, -0.1) is 17.5 Å². The quantitative estimate of drug-likeness (QED) is 0.585. The number of esters is 1. The van der Waals surface area contributed by atoms with Crippen LogP contribution in [0, 0.1) is 0 Å². The van der Waals surface area contributed by atoms with Crippen molar-refractivity contribution in [3.63, 3.8) is 0 Å². The molecule has 0 aliphatic carbocycles. The van der Waals surface area contributed by atoms with E-state index in [9.17, 15) is 4.79 Å². The highest BCUT2D eigenvalue weighted by molar-refractivity contribution is 8.00. The lowest BCUT2D eigenvalue weighted by Crippen LogP contribution is -2.23. The third-order valence-corrected chi connectivity index (χ3v) is 4.99. The molecule has 1 unspecified atom stereocenters. The van der Waals surface area contributed by atoms with Gasteiger partial charge in [0, 0.05) is 0 Å². The Hall–Kier alpha value is -1.44. The van der Waals surface area contributed by atoms with Crippen LogP contribution in [0.5, 0.6) is 0 Å². The van der Waals surface area contributed by atoms with Crippen LogP contribution >= 0.6 is 11.8 Å². The van der Waals surface area contributed by atoms with Crippen LogP contribution in [-0.4, -0.2) is 23.6 Å². The monoisotopic (exact) mass is 316 g/mol. The summed E-state index contributed by atoms with van der Waals surface area (Å²) in [5.74, 6) is 0.802. The largest absolute Gasteiger partial charge is 0.465 e. The second kappa shape index (κ2) is 8.87. The number of thioether (sulfide) groups is 1. The molecule has 1 aromatic rings. The van der Waals surface area contributed by atoms with Gasteiger partial charge in [0.05, 0.1) is 6.61 Å². The zero-order valence-corrected chi connectivity index (χ0v) is 14.2. The zero-order chi connectivity index (χ0) is 15.8. The van der Waals surface area contributed by atoms with Gasteiger partial charge in [0.2, 0.25) is 0 Å². The van der Waals surface area contributed by atoms with Gasteiger partial charge in [-0.1, -0.05) is 37.6 Å². The number of carbonyl (C=O) groups excluding carboxylic acids is 1. The highest BCUT2D eigenvalue weighted by Gasteiger charge is 2.25. The predicted molar refractivity (Wildman–Crippen MR) is 94.0 cm³/mol. The van der Waals surface area contributed by atoms with Crippen LogP contribution in [0.1, 0.15) is 44.2 Å². The maximum Gasteiger partial charge on any atom is 0.323 e. The number of aryl methyl sites for hydroxylation is 1. The highest BCUT2D eigenvalue weighted by Crippen LogP contribution is 2.28. The Bertz CT molecular complexity index is 571. The molecule has 1 aliphatic heterocycles. The number of ether oxygens (including phenoxy) is 1. The van der Waals surface area contributed by atoms with Crippen molar-refractivity contribution in [2.75, 3.05) is 12.4 Å². The Morgan fingerprint density at radius 3 is 2.95 bits per heavy atom. The van der Waals surface area contributed by atoms with Gasteiger partial charge in [-0.25, -0.2) is 0 Å². The Morgan fingerprint density at radius 1 is 1.36 bits per heavy atom. The molecule has 118 valence electrons. The van der Waals surface area contributed by atoms with E-state index in [0.717, 1.165) is 37.0 Å². The first-order chi connectivity index (χ1) is 10.8. The number of carbonyl (C=O) groups is 1. The fourth-order valence-corrected chi connectivity index (χ4v) is 3.70. The molecular formula is C19H24O2S. The van der Waals surface area contributed by atoms with Crippen molar-refractivity contribution in [1.82, 2.24) is 0 Å². The zero-order valence-electron chi connectivity index (χ0n) is 13.4. The second-order valence-corrected chi connectivity index (χ2v) is 6.58. The first-order valence-electron chi connectivity index (χ1n) is 8.07. The lowest BCUT2D eigenvalue weighted by atomic mass is 10.0. The van der Waals surface area contributed by atoms with Crippen molar-refractivity contribution in [2.45, 2.75) is 44.8 Å². The molecule has 0 aromatic heterocycles. The lowest BCUT2D eigenvalue weighted by Gasteiger charge is -2.17. The number of unbranched alkanes of at least 4 members (excludes halogenated alkanes) is 1. The normalized spacial score (nSPS) is 17.7. The van der Waals surface area contributed by atoms with Crippen molar-refractivity contribution in [3.8, 4) is 0 Å². The Balaban J connectivity index is 2.36. The van der Waals surface area contributed by atoms with Crippen molar-refractivity contribution in [2.24, 2.45) is 0 Å². The van der Waals surface area contributed by atoms with Crippen LogP contribution in [0.4, 0.5) is 0 Å². The van der Waals surface area contributed by atoms with Gasteiger partial charge in [-0.2, -0.15) is 0 Å². The van der Waals surface area contributed by atoms with E-state index in [2.05, 4.69) is 36.9 Å². The first kappa shape index (κ1) is 16.9. The van der Waals surface area contributed by atoms with Crippen molar-refractivity contribution in [1.29, 1.82) is 0 Å². The molecular weight excluding hydrogens is 292 g/mol. The van der Waals surface area contributed by atoms with Gasteiger partial charge in [0.15, 0.2) is 0 Å². The van der Waals surface area contributed by atoms with E-state index < -0.39 is 0 Å². The summed E-state index contributed by atoms with van der Waals surface area (Å²) in [6.45, 7) is 4.46. The lowest BCUT2D eigenvalue weighted by molar-refractivity contribution is -0.141. The fraction of sp³-hybridized carbons (Fsp3) is 0.474. The fourth-order valence-electron chi connectivity index (χ4n) is 2.53. The average molecular weight is 316 g/mol. The Morgan fingerprint density at radius 2 is 2.18 bits per heavy atom. The van der Waals surface area contributed by atoms with Crippen molar-refractivity contribution in [3.05, 3.63) is 46.7 Å². The molecule has 1 heterocycles. The summed E-state index contributed by atoms with van der Waals surface area (Å²) in [5.41, 5.74) is 7.01. The minimum absolute atomic E-state index is 0.120. The molecule has 2 rings (SSSR count). The molecule has 22 heavy (non-hydrogen) atoms. The van der Waals surface area contributed by atoms with Crippen LogP contribution in [0.2, 0.25) is 0 Å². The summed E-state index contributed by atoms with van der Waals surface area (Å²) in [5, 5.41) is -0.211. The van der Waals surface area contributed by atoms with Crippen molar-refractivity contribution >= 4 is 23.8 Å². The minimum Gasteiger partial charge on any atom is -0.465 e. The van der Waals surface area contributed by atoms with E-state index >= 15 is 0 Å². The summed E-state index contributed by atoms with van der Waals surface area (Å²) in [7, 11) is 0. The molecule has 3 heteroatoms. The van der Waals surface area contributed by atoms with Gasteiger partial charge < -0.3 is 4.74 Å². The molecule has 0 saturated carbocycles. The molecule has 0 saturated heterocycles. The summed E-state index contributed by atoms with van der Waals surface area (Å²) >= 11 is 1.69. The molecule has 1 atom stereocenters. The van der Waals surface area contributed by atoms with Gasteiger partial charge in [-0.3, -0.25) is 4.79 Å². The van der Waals surface area contributed by atoms with Crippen LogP contribution in [-0.2, 0) is 16.0 Å². The average Bonchev–Trinajstić information content (AvgIpc) is 2.62. The van der Waals surface area contributed by atoms with Gasteiger partial charge in [-0.05, 0) is 54.7 Å². The summed E-state index contributed by atoms with van der Waals surface area (Å²) < 4.78 is 5.27. The molecule has 0 N–H and O–H groups in total. The van der Waals surface area contributed by atoms with E-state index in [4.69, 9.17) is 4.74 Å². The number of hydrogen-bond donors (Lipinski definition) is 0. The standard InChI is InChI=1S/C19H24O2S/c1-3-5-8-17-12-11-15-9-6-7-10-16(15)13-14-22-18(17)19(20)21-4-2/h6-7,9-11,18H,3-5,8,13-14H2,1-2H3. The SMILES string of the molecule is CCCCC1=C=Cc2ccccc2CCSC1C(=O)OCC. The second-order valence-electron chi connectivity index (χ2n) is 5.37. The molecule has 2 nitrogen and oxygen atoms in total. The third kappa shape index (κ3) is 4.53. The third-order valence-electron chi connectivity index (χ3n) is 3.74. The van der Waals surface area contributed by atoms with Crippen LogP contribution < -0.4 is 0 Å². The maximum atomic E-state index is 12.3. The summed E-state index contributed by atoms with van der Waals surface area (Å²) in [6.07, 6.45) is 6.11. The van der Waals surface area contributed by atoms with E-state index in [-0.39, 0.29) is 11.2 Å². The predicted octanol–water partition coefficient (Wildman–Crippen LogP) is 4.64. The highest BCUT2D eigenvalue weighted by atomic mass is 32.2. The molecule has 1 aliphatic rings. The van der Waals surface area contributed by atoms with E-state index in [0.29, 0.717) is 6.61 Å². The Labute approximate surface area is 137 Å². The van der Waals surface area contributed by atoms with Gasteiger partial charge >= 0.3 is 5.97 Å². The minimum atomic E-state index is -0.211. The molecule has 0 radical (unpaired) electrons. The molecule has 0 bridgehead atoms. The van der Waals surface area contributed by atoms with E-state index in [1.807, 2.05) is 13.0 Å². The molecule has 1 aromatic carbocycles. The number of benzene rings is 1. The van der Waals surface area contributed by atoms with Crippen LogP contribution in [0.3, 0.4) is 0 Å².